The van der Waals surface area contributed by atoms with Gasteiger partial charge in [0.15, 0.2) is 28.1 Å². The van der Waals surface area contributed by atoms with Gasteiger partial charge in [-0.05, 0) is 42.7 Å². The number of hydrogen-bond acceptors (Lipinski definition) is 8. The zero-order valence-corrected chi connectivity index (χ0v) is 18.5. The molecule has 0 aliphatic carbocycles. The third-order valence-electron chi connectivity index (χ3n) is 4.64. The molecule has 0 saturated carbocycles. The van der Waals surface area contributed by atoms with Crippen molar-refractivity contribution >= 4 is 40.8 Å². The van der Waals surface area contributed by atoms with Gasteiger partial charge in [-0.2, -0.15) is 0 Å². The summed E-state index contributed by atoms with van der Waals surface area (Å²) in [5, 5.41) is 6.00. The molecule has 162 valence electrons. The lowest BCUT2D eigenvalue weighted by Crippen LogP contribution is -2.15. The molecule has 2 aromatic carbocycles. The van der Waals surface area contributed by atoms with Gasteiger partial charge in [-0.3, -0.25) is 14.7 Å². The zero-order valence-electron chi connectivity index (χ0n) is 16.8. The zero-order chi connectivity index (χ0) is 22.1. The highest BCUT2D eigenvalue weighted by atomic mass is 32.2. The summed E-state index contributed by atoms with van der Waals surface area (Å²) in [6.07, 6.45) is 1.98. The molecular formula is C21H17N5O4S2. The number of thioether (sulfide) groups is 2. The fourth-order valence-corrected chi connectivity index (χ4v) is 4.38. The standard InChI is InChI=1S/C21H17N5O4S2/c1-31-14-4-2-3-13(8-14)22-19(28)10-32-21-24-20(23-17-9-18(27)25-26(17)21)12-5-6-15-16(7-12)30-11-29-15/h2-9H,10-11H2,1H3,(H,22,28)(H,25,27). The van der Waals surface area contributed by atoms with Crippen molar-refractivity contribution in [3.63, 3.8) is 0 Å². The summed E-state index contributed by atoms with van der Waals surface area (Å²) in [4.78, 5) is 34.5. The van der Waals surface area contributed by atoms with Crippen LogP contribution < -0.4 is 20.3 Å². The number of rotatable bonds is 6. The molecule has 2 aromatic heterocycles. The molecule has 0 spiro atoms. The first-order valence-electron chi connectivity index (χ1n) is 9.55. The van der Waals surface area contributed by atoms with Crippen LogP contribution in [0.3, 0.4) is 0 Å². The Kier molecular flexibility index (Phi) is 5.50. The highest BCUT2D eigenvalue weighted by molar-refractivity contribution is 7.99. The van der Waals surface area contributed by atoms with Gasteiger partial charge in [-0.1, -0.05) is 17.8 Å². The molecule has 0 radical (unpaired) electrons. The Balaban J connectivity index is 1.40. The second-order valence-corrected chi connectivity index (χ2v) is 8.60. The van der Waals surface area contributed by atoms with Crippen molar-refractivity contribution in [3.8, 4) is 22.9 Å². The summed E-state index contributed by atoms with van der Waals surface area (Å²) >= 11 is 2.81. The SMILES string of the molecule is CSc1cccc(NC(=O)CSc2nc(-c3ccc4c(c3)OCO4)nc3cc(=O)[nH]n23)c1. The predicted molar refractivity (Wildman–Crippen MR) is 123 cm³/mol. The maximum absolute atomic E-state index is 12.5. The fourth-order valence-electron chi connectivity index (χ4n) is 3.17. The van der Waals surface area contributed by atoms with Crippen LogP contribution in [0.25, 0.3) is 17.0 Å². The highest BCUT2D eigenvalue weighted by Crippen LogP contribution is 2.35. The average Bonchev–Trinajstić information content (AvgIpc) is 3.42. The van der Waals surface area contributed by atoms with E-state index in [9.17, 15) is 9.59 Å². The van der Waals surface area contributed by atoms with Gasteiger partial charge >= 0.3 is 0 Å². The van der Waals surface area contributed by atoms with Crippen LogP contribution in [0, 0.1) is 0 Å². The quantitative estimate of drug-likeness (QED) is 0.416. The van der Waals surface area contributed by atoms with Crippen molar-refractivity contribution in [2.45, 2.75) is 10.1 Å². The summed E-state index contributed by atoms with van der Waals surface area (Å²) in [5.74, 6) is 1.61. The molecule has 1 aliphatic heterocycles. The average molecular weight is 468 g/mol. The first-order valence-corrected chi connectivity index (χ1v) is 11.8. The monoisotopic (exact) mass is 467 g/mol. The molecule has 32 heavy (non-hydrogen) atoms. The fraction of sp³-hybridized carbons (Fsp3) is 0.143. The van der Waals surface area contributed by atoms with Crippen LogP contribution in [0.15, 0.2) is 63.4 Å². The van der Waals surface area contributed by atoms with Crippen molar-refractivity contribution < 1.29 is 14.3 Å². The number of aromatic nitrogens is 4. The third-order valence-corrected chi connectivity index (χ3v) is 6.31. The maximum atomic E-state index is 12.5. The Labute approximate surface area is 190 Å². The molecule has 0 fully saturated rings. The number of nitrogens with one attached hydrogen (secondary N) is 2. The second kappa shape index (κ2) is 8.60. The Morgan fingerprint density at radius 2 is 2.03 bits per heavy atom. The molecule has 4 aromatic rings. The highest BCUT2D eigenvalue weighted by Gasteiger charge is 2.17. The largest absolute Gasteiger partial charge is 0.454 e. The number of carbonyl (C=O) groups is 1. The van der Waals surface area contributed by atoms with E-state index in [-0.39, 0.29) is 24.0 Å². The van der Waals surface area contributed by atoms with Crippen LogP contribution in [0.4, 0.5) is 5.69 Å². The number of hydrogen-bond donors (Lipinski definition) is 2. The molecule has 1 amide bonds. The number of anilines is 1. The minimum atomic E-state index is -0.303. The van der Waals surface area contributed by atoms with E-state index >= 15 is 0 Å². The Hall–Kier alpha value is -3.44. The molecule has 3 heterocycles. The van der Waals surface area contributed by atoms with E-state index in [2.05, 4.69) is 20.4 Å². The molecule has 0 bridgehead atoms. The van der Waals surface area contributed by atoms with Gasteiger partial charge in [0.1, 0.15) is 0 Å². The molecule has 11 heteroatoms. The normalized spacial score (nSPS) is 12.3. The van der Waals surface area contributed by atoms with Gasteiger partial charge in [0.2, 0.25) is 12.7 Å². The molecule has 0 unspecified atom stereocenters. The first-order chi connectivity index (χ1) is 15.6. The molecular weight excluding hydrogens is 450 g/mol. The van der Waals surface area contributed by atoms with E-state index < -0.39 is 0 Å². The number of fused-ring (bicyclic) bond motifs is 2. The van der Waals surface area contributed by atoms with Crippen molar-refractivity contribution in [2.24, 2.45) is 0 Å². The van der Waals surface area contributed by atoms with E-state index in [1.165, 1.54) is 22.3 Å². The third kappa shape index (κ3) is 4.16. The van der Waals surface area contributed by atoms with Crippen LogP contribution in [0.5, 0.6) is 11.5 Å². The van der Waals surface area contributed by atoms with Crippen LogP contribution in [-0.4, -0.2) is 44.3 Å². The van der Waals surface area contributed by atoms with Crippen molar-refractivity contribution in [3.05, 3.63) is 58.9 Å². The maximum Gasteiger partial charge on any atom is 0.266 e. The number of carbonyl (C=O) groups excluding carboxylic acids is 1. The summed E-state index contributed by atoms with van der Waals surface area (Å²) in [5.41, 5.74) is 1.55. The summed E-state index contributed by atoms with van der Waals surface area (Å²) in [7, 11) is 0. The van der Waals surface area contributed by atoms with Crippen LogP contribution in [-0.2, 0) is 4.79 Å². The van der Waals surface area contributed by atoms with Gasteiger partial charge in [-0.15, -0.1) is 11.8 Å². The summed E-state index contributed by atoms with van der Waals surface area (Å²) in [6, 6.07) is 14.4. The molecule has 5 rings (SSSR count). The van der Waals surface area contributed by atoms with Crippen molar-refractivity contribution in [1.29, 1.82) is 0 Å². The van der Waals surface area contributed by atoms with Crippen LogP contribution >= 0.6 is 23.5 Å². The van der Waals surface area contributed by atoms with E-state index in [1.807, 2.05) is 36.6 Å². The van der Waals surface area contributed by atoms with Crippen LogP contribution in [0.1, 0.15) is 0 Å². The predicted octanol–water partition coefficient (Wildman–Crippen LogP) is 3.27. The lowest BCUT2D eigenvalue weighted by atomic mass is 10.2. The Morgan fingerprint density at radius 1 is 1.16 bits per heavy atom. The second-order valence-electron chi connectivity index (χ2n) is 6.78. The van der Waals surface area contributed by atoms with Gasteiger partial charge in [0, 0.05) is 22.2 Å². The van der Waals surface area contributed by atoms with Gasteiger partial charge in [0.25, 0.3) is 5.56 Å². The molecule has 1 aliphatic rings. The Bertz CT molecular complexity index is 1380. The van der Waals surface area contributed by atoms with E-state index in [0.29, 0.717) is 33.7 Å². The Morgan fingerprint density at radius 3 is 2.91 bits per heavy atom. The minimum absolute atomic E-state index is 0.108. The van der Waals surface area contributed by atoms with Crippen molar-refractivity contribution in [2.75, 3.05) is 24.1 Å². The molecule has 2 N–H and O–H groups in total. The number of benzene rings is 2. The number of ether oxygens (including phenoxy) is 2. The van der Waals surface area contributed by atoms with Gasteiger partial charge < -0.3 is 14.8 Å². The molecule has 0 saturated heterocycles. The number of nitrogens with zero attached hydrogens (tertiary/aromatic N) is 3. The van der Waals surface area contributed by atoms with E-state index in [1.54, 1.807) is 23.9 Å². The topological polar surface area (TPSA) is 111 Å². The lowest BCUT2D eigenvalue weighted by Gasteiger charge is -2.09. The molecule has 9 nitrogen and oxygen atoms in total. The van der Waals surface area contributed by atoms with Crippen LogP contribution in [0.2, 0.25) is 0 Å². The van der Waals surface area contributed by atoms with E-state index in [0.717, 1.165) is 10.6 Å². The van der Waals surface area contributed by atoms with Gasteiger partial charge in [0.05, 0.1) is 5.75 Å². The molecule has 0 atom stereocenters. The first kappa shape index (κ1) is 20.5. The number of aromatic amines is 1. The summed E-state index contributed by atoms with van der Waals surface area (Å²) < 4.78 is 12.3. The summed E-state index contributed by atoms with van der Waals surface area (Å²) in [6.45, 7) is 0.169. The smallest absolute Gasteiger partial charge is 0.266 e. The van der Waals surface area contributed by atoms with Crippen molar-refractivity contribution in [1.82, 2.24) is 19.6 Å². The number of H-pyrrole nitrogens is 1. The number of amides is 1. The van der Waals surface area contributed by atoms with Gasteiger partial charge in [-0.25, -0.2) is 14.5 Å². The minimum Gasteiger partial charge on any atom is -0.454 e. The van der Waals surface area contributed by atoms with E-state index in [4.69, 9.17) is 9.47 Å². The lowest BCUT2D eigenvalue weighted by molar-refractivity contribution is -0.113.